The van der Waals surface area contributed by atoms with Gasteiger partial charge in [-0.25, -0.2) is 0 Å². The highest BCUT2D eigenvalue weighted by Gasteiger charge is 2.23. The lowest BCUT2D eigenvalue weighted by molar-refractivity contribution is -0.908. The third-order valence-electron chi connectivity index (χ3n) is 4.25. The fraction of sp³-hybridized carbons (Fsp3) is 0.364. The molecule has 0 aromatic heterocycles. The van der Waals surface area contributed by atoms with Gasteiger partial charge >= 0.3 is 0 Å². The van der Waals surface area contributed by atoms with Crippen LogP contribution in [0.5, 0.6) is 0 Å². The summed E-state index contributed by atoms with van der Waals surface area (Å²) in [5, 5.41) is 0. The van der Waals surface area contributed by atoms with E-state index in [0.717, 1.165) is 61.3 Å². The maximum Gasteiger partial charge on any atom is 0.0983 e. The van der Waals surface area contributed by atoms with E-state index >= 15 is 0 Å². The molecule has 0 spiro atoms. The number of hydrogen-bond donors (Lipinski definition) is 0. The highest BCUT2D eigenvalue weighted by atomic mass is 15.3. The van der Waals surface area contributed by atoms with E-state index in [1.165, 1.54) is 0 Å². The monoisotopic (exact) mass is 328 g/mol. The first-order valence-corrected chi connectivity index (χ1v) is 8.58. The molecular formula is C22H36N2+2. The van der Waals surface area contributed by atoms with E-state index in [1.807, 2.05) is 36.5 Å². The SMILES string of the molecule is C=CC[N+](CC=C)(CC=C)C/C=C/C[N+](CC=C)(CC=C)CC=C. The van der Waals surface area contributed by atoms with Gasteiger partial charge in [-0.2, -0.15) is 0 Å². The van der Waals surface area contributed by atoms with Crippen LogP contribution in [-0.4, -0.2) is 61.3 Å². The molecule has 0 saturated heterocycles. The summed E-state index contributed by atoms with van der Waals surface area (Å²) in [6.45, 7) is 30.8. The van der Waals surface area contributed by atoms with Crippen LogP contribution in [0, 0.1) is 0 Å². The van der Waals surface area contributed by atoms with Crippen molar-refractivity contribution in [2.75, 3.05) is 52.4 Å². The Balaban J connectivity index is 5.09. The number of quaternary nitrogens is 2. The van der Waals surface area contributed by atoms with E-state index < -0.39 is 0 Å². The van der Waals surface area contributed by atoms with Crippen LogP contribution in [0.1, 0.15) is 0 Å². The van der Waals surface area contributed by atoms with Gasteiger partial charge in [-0.1, -0.05) is 39.5 Å². The van der Waals surface area contributed by atoms with Crippen molar-refractivity contribution in [3.05, 3.63) is 88.1 Å². The maximum atomic E-state index is 3.91. The van der Waals surface area contributed by atoms with Gasteiger partial charge in [0.15, 0.2) is 0 Å². The number of rotatable bonds is 16. The first kappa shape index (κ1) is 22.1. The second kappa shape index (κ2) is 12.5. The highest BCUT2D eigenvalue weighted by molar-refractivity contribution is 4.88. The van der Waals surface area contributed by atoms with Crippen LogP contribution >= 0.6 is 0 Å². The van der Waals surface area contributed by atoms with E-state index in [1.54, 1.807) is 0 Å². The third kappa shape index (κ3) is 7.58. The minimum atomic E-state index is 0.886. The van der Waals surface area contributed by atoms with Gasteiger partial charge in [-0.15, -0.1) is 0 Å². The van der Waals surface area contributed by atoms with Gasteiger partial charge in [0.05, 0.1) is 52.4 Å². The molecule has 132 valence electrons. The lowest BCUT2D eigenvalue weighted by Gasteiger charge is -2.36. The van der Waals surface area contributed by atoms with E-state index in [4.69, 9.17) is 0 Å². The summed E-state index contributed by atoms with van der Waals surface area (Å²) < 4.78 is 1.77. The Hall–Kier alpha value is -1.90. The zero-order valence-electron chi connectivity index (χ0n) is 15.4. The molecular weight excluding hydrogens is 292 g/mol. The third-order valence-corrected chi connectivity index (χ3v) is 4.25. The lowest BCUT2D eigenvalue weighted by atomic mass is 10.2. The van der Waals surface area contributed by atoms with Gasteiger partial charge in [0.25, 0.3) is 0 Å². The summed E-state index contributed by atoms with van der Waals surface area (Å²) in [6, 6.07) is 0. The Morgan fingerprint density at radius 3 is 0.750 bits per heavy atom. The summed E-state index contributed by atoms with van der Waals surface area (Å²) >= 11 is 0. The number of hydrogen-bond acceptors (Lipinski definition) is 0. The van der Waals surface area contributed by atoms with Gasteiger partial charge in [0, 0.05) is 0 Å². The maximum absolute atomic E-state index is 3.91. The van der Waals surface area contributed by atoms with Gasteiger partial charge in [-0.3, -0.25) is 0 Å². The van der Waals surface area contributed by atoms with Crippen LogP contribution in [0.3, 0.4) is 0 Å². The van der Waals surface area contributed by atoms with Gasteiger partial charge in [0.1, 0.15) is 0 Å². The highest BCUT2D eigenvalue weighted by Crippen LogP contribution is 2.11. The van der Waals surface area contributed by atoms with Crippen LogP contribution in [0.2, 0.25) is 0 Å². The van der Waals surface area contributed by atoms with Gasteiger partial charge in [-0.05, 0) is 48.6 Å². The molecule has 0 saturated carbocycles. The Labute approximate surface area is 150 Å². The zero-order chi connectivity index (χ0) is 18.3. The topological polar surface area (TPSA) is 0 Å². The second-order valence-electron chi connectivity index (χ2n) is 6.35. The Bertz CT molecular complexity index is 362. The summed E-state index contributed by atoms with van der Waals surface area (Å²) in [4.78, 5) is 0. The average Bonchev–Trinajstić information content (AvgIpc) is 2.53. The average molecular weight is 329 g/mol. The van der Waals surface area contributed by atoms with Crippen LogP contribution in [0.4, 0.5) is 0 Å². The first-order chi connectivity index (χ1) is 11.6. The molecule has 0 aromatic rings. The molecule has 0 amide bonds. The molecule has 0 aliphatic carbocycles. The van der Waals surface area contributed by atoms with Crippen molar-refractivity contribution < 1.29 is 8.97 Å². The molecule has 2 heteroatoms. The van der Waals surface area contributed by atoms with Crippen molar-refractivity contribution >= 4 is 0 Å². The van der Waals surface area contributed by atoms with Gasteiger partial charge in [0.2, 0.25) is 0 Å². The molecule has 0 radical (unpaired) electrons. The number of nitrogens with zero attached hydrogens (tertiary/aromatic N) is 2. The fourth-order valence-electron chi connectivity index (χ4n) is 3.13. The minimum Gasteiger partial charge on any atom is -0.311 e. The van der Waals surface area contributed by atoms with Crippen molar-refractivity contribution in [3.63, 3.8) is 0 Å². The van der Waals surface area contributed by atoms with Crippen LogP contribution in [0.25, 0.3) is 0 Å². The quantitative estimate of drug-likeness (QED) is 0.293. The van der Waals surface area contributed by atoms with E-state index in [-0.39, 0.29) is 0 Å². The lowest BCUT2D eigenvalue weighted by Crippen LogP contribution is -2.49. The minimum absolute atomic E-state index is 0.886. The van der Waals surface area contributed by atoms with Crippen molar-refractivity contribution in [2.45, 2.75) is 0 Å². The molecule has 0 aliphatic heterocycles. The molecule has 2 nitrogen and oxygen atoms in total. The largest absolute Gasteiger partial charge is 0.311 e. The first-order valence-electron chi connectivity index (χ1n) is 8.58. The predicted octanol–water partition coefficient (Wildman–Crippen LogP) is 4.29. The Morgan fingerprint density at radius 2 is 0.583 bits per heavy atom. The van der Waals surface area contributed by atoms with E-state index in [9.17, 15) is 0 Å². The van der Waals surface area contributed by atoms with E-state index in [0.29, 0.717) is 0 Å². The smallest absolute Gasteiger partial charge is 0.0983 e. The standard InChI is InChI=1S/C22H36N2/c1-7-15-23(16-8-2,17-9-3)21-13-14-22-24(18-10-4,19-11-5)20-12-6/h7-14H,1-6,15-22H2/q+2/b14-13+. The summed E-state index contributed by atoms with van der Waals surface area (Å²) in [6.07, 6.45) is 16.4. The Kier molecular flexibility index (Phi) is 11.5. The molecule has 0 bridgehead atoms. The summed E-state index contributed by atoms with van der Waals surface area (Å²) in [5.41, 5.74) is 0. The predicted molar refractivity (Wildman–Crippen MR) is 110 cm³/mol. The van der Waals surface area contributed by atoms with Crippen LogP contribution < -0.4 is 0 Å². The molecule has 0 unspecified atom stereocenters. The molecule has 0 atom stereocenters. The van der Waals surface area contributed by atoms with E-state index in [2.05, 4.69) is 51.6 Å². The van der Waals surface area contributed by atoms with Crippen molar-refractivity contribution in [2.24, 2.45) is 0 Å². The molecule has 0 N–H and O–H groups in total. The van der Waals surface area contributed by atoms with Gasteiger partial charge < -0.3 is 8.97 Å². The van der Waals surface area contributed by atoms with Crippen LogP contribution in [-0.2, 0) is 0 Å². The summed E-state index contributed by atoms with van der Waals surface area (Å²) in [7, 11) is 0. The van der Waals surface area contributed by atoms with Crippen molar-refractivity contribution in [1.82, 2.24) is 0 Å². The summed E-state index contributed by atoms with van der Waals surface area (Å²) in [5.74, 6) is 0. The van der Waals surface area contributed by atoms with Crippen molar-refractivity contribution in [1.29, 1.82) is 0 Å². The van der Waals surface area contributed by atoms with Crippen LogP contribution in [0.15, 0.2) is 88.1 Å². The molecule has 0 fully saturated rings. The second-order valence-corrected chi connectivity index (χ2v) is 6.35. The molecule has 0 aliphatic rings. The zero-order valence-corrected chi connectivity index (χ0v) is 15.4. The molecule has 0 aromatic carbocycles. The molecule has 0 rings (SSSR count). The normalized spacial score (nSPS) is 11.8. The molecule has 0 heterocycles. The fourth-order valence-corrected chi connectivity index (χ4v) is 3.13. The Morgan fingerprint density at radius 1 is 0.375 bits per heavy atom. The molecule has 24 heavy (non-hydrogen) atoms. The van der Waals surface area contributed by atoms with Crippen molar-refractivity contribution in [3.8, 4) is 0 Å².